The monoisotopic (exact) mass is 251 g/mol. The SMILES string of the molecule is Cc1n[nH]c(C)c1C(C(N)=O)N1CCCNCC1. The van der Waals surface area contributed by atoms with E-state index in [4.69, 9.17) is 5.73 Å². The average Bonchev–Trinajstić information content (AvgIpc) is 2.58. The Hall–Kier alpha value is -1.40. The Morgan fingerprint density at radius 3 is 2.78 bits per heavy atom. The maximum atomic E-state index is 11.8. The van der Waals surface area contributed by atoms with Crippen LogP contribution < -0.4 is 11.1 Å². The van der Waals surface area contributed by atoms with Crippen molar-refractivity contribution >= 4 is 5.91 Å². The van der Waals surface area contributed by atoms with E-state index in [0.29, 0.717) is 0 Å². The minimum atomic E-state index is -0.372. The third-order valence-corrected chi connectivity index (χ3v) is 3.47. The summed E-state index contributed by atoms with van der Waals surface area (Å²) in [7, 11) is 0. The fourth-order valence-electron chi connectivity index (χ4n) is 2.59. The molecule has 2 rings (SSSR count). The van der Waals surface area contributed by atoms with Gasteiger partial charge in [-0.05, 0) is 26.8 Å². The molecular formula is C12H21N5O. The second-order valence-corrected chi connectivity index (χ2v) is 4.79. The highest BCUT2D eigenvalue weighted by molar-refractivity contribution is 5.82. The van der Waals surface area contributed by atoms with Gasteiger partial charge in [-0.15, -0.1) is 0 Å². The Balaban J connectivity index is 2.30. The number of H-pyrrole nitrogens is 1. The fourth-order valence-corrected chi connectivity index (χ4v) is 2.59. The van der Waals surface area contributed by atoms with Gasteiger partial charge in [0.15, 0.2) is 0 Å². The molecule has 1 aromatic rings. The highest BCUT2D eigenvalue weighted by Crippen LogP contribution is 2.25. The lowest BCUT2D eigenvalue weighted by molar-refractivity contribution is -0.123. The number of aromatic nitrogens is 2. The van der Waals surface area contributed by atoms with Gasteiger partial charge in [-0.1, -0.05) is 0 Å². The van der Waals surface area contributed by atoms with Gasteiger partial charge in [0.25, 0.3) is 0 Å². The molecule has 1 aromatic heterocycles. The zero-order chi connectivity index (χ0) is 13.1. The van der Waals surface area contributed by atoms with Gasteiger partial charge >= 0.3 is 0 Å². The smallest absolute Gasteiger partial charge is 0.239 e. The van der Waals surface area contributed by atoms with E-state index in [1.54, 1.807) is 0 Å². The highest BCUT2D eigenvalue weighted by Gasteiger charge is 2.30. The number of amides is 1. The molecule has 18 heavy (non-hydrogen) atoms. The van der Waals surface area contributed by atoms with Crippen LogP contribution in [0.25, 0.3) is 0 Å². The zero-order valence-corrected chi connectivity index (χ0v) is 11.0. The highest BCUT2D eigenvalue weighted by atomic mass is 16.1. The molecule has 6 nitrogen and oxygen atoms in total. The van der Waals surface area contributed by atoms with Gasteiger partial charge in [-0.2, -0.15) is 5.10 Å². The molecule has 0 aliphatic carbocycles. The van der Waals surface area contributed by atoms with Crippen molar-refractivity contribution in [3.8, 4) is 0 Å². The van der Waals surface area contributed by atoms with Crippen LogP contribution in [0.1, 0.15) is 29.4 Å². The van der Waals surface area contributed by atoms with Gasteiger partial charge in [0.1, 0.15) is 6.04 Å². The minimum Gasteiger partial charge on any atom is -0.368 e. The molecule has 0 radical (unpaired) electrons. The van der Waals surface area contributed by atoms with Gasteiger partial charge in [0, 0.05) is 30.9 Å². The molecule has 1 saturated heterocycles. The second-order valence-electron chi connectivity index (χ2n) is 4.79. The van der Waals surface area contributed by atoms with Crippen LogP contribution in [0.15, 0.2) is 0 Å². The third-order valence-electron chi connectivity index (χ3n) is 3.47. The van der Waals surface area contributed by atoms with Crippen molar-refractivity contribution in [2.45, 2.75) is 26.3 Å². The fraction of sp³-hybridized carbons (Fsp3) is 0.667. The van der Waals surface area contributed by atoms with Crippen LogP contribution in [0.3, 0.4) is 0 Å². The van der Waals surface area contributed by atoms with Crippen LogP contribution in [0.5, 0.6) is 0 Å². The summed E-state index contributed by atoms with van der Waals surface area (Å²) in [5.74, 6) is -0.301. The van der Waals surface area contributed by atoms with Crippen molar-refractivity contribution in [2.75, 3.05) is 26.2 Å². The number of hydrogen-bond donors (Lipinski definition) is 3. The zero-order valence-electron chi connectivity index (χ0n) is 11.0. The van der Waals surface area contributed by atoms with Crippen LogP contribution >= 0.6 is 0 Å². The molecule has 6 heteroatoms. The standard InChI is InChI=1S/C12H21N5O/c1-8-10(9(2)16-15-8)11(12(13)18)17-6-3-4-14-5-7-17/h11,14H,3-7H2,1-2H3,(H2,13,18)(H,15,16). The number of carbonyl (C=O) groups is 1. The number of nitrogens with two attached hydrogens (primary N) is 1. The molecule has 4 N–H and O–H groups in total. The summed E-state index contributed by atoms with van der Waals surface area (Å²) in [4.78, 5) is 14.0. The van der Waals surface area contributed by atoms with E-state index in [0.717, 1.165) is 49.6 Å². The average molecular weight is 251 g/mol. The van der Waals surface area contributed by atoms with Crippen molar-refractivity contribution in [2.24, 2.45) is 5.73 Å². The minimum absolute atomic E-state index is 0.301. The maximum Gasteiger partial charge on any atom is 0.239 e. The lowest BCUT2D eigenvalue weighted by atomic mass is 10.0. The normalized spacial score (nSPS) is 19.4. The first-order chi connectivity index (χ1) is 8.61. The van der Waals surface area contributed by atoms with E-state index in [-0.39, 0.29) is 11.9 Å². The summed E-state index contributed by atoms with van der Waals surface area (Å²) in [6.07, 6.45) is 1.03. The molecule has 2 heterocycles. The largest absolute Gasteiger partial charge is 0.368 e. The number of nitrogens with zero attached hydrogens (tertiary/aromatic N) is 2. The van der Waals surface area contributed by atoms with E-state index >= 15 is 0 Å². The number of nitrogens with one attached hydrogen (secondary N) is 2. The van der Waals surface area contributed by atoms with E-state index in [1.165, 1.54) is 0 Å². The van der Waals surface area contributed by atoms with E-state index < -0.39 is 0 Å². The van der Waals surface area contributed by atoms with Crippen LogP contribution in [0.4, 0.5) is 0 Å². The Kier molecular flexibility index (Phi) is 3.98. The van der Waals surface area contributed by atoms with Crippen LogP contribution in [0, 0.1) is 13.8 Å². The molecular weight excluding hydrogens is 230 g/mol. The molecule has 0 aromatic carbocycles. The summed E-state index contributed by atoms with van der Waals surface area (Å²) in [5, 5.41) is 10.4. The number of primary amides is 1. The predicted molar refractivity (Wildman–Crippen MR) is 69.1 cm³/mol. The van der Waals surface area contributed by atoms with Gasteiger partial charge in [0.2, 0.25) is 5.91 Å². The topological polar surface area (TPSA) is 87.0 Å². The van der Waals surface area contributed by atoms with Crippen molar-refractivity contribution in [1.29, 1.82) is 0 Å². The Bertz CT molecular complexity index is 401. The molecule has 1 amide bonds. The quantitative estimate of drug-likeness (QED) is 0.697. The molecule has 1 unspecified atom stereocenters. The molecule has 1 aliphatic rings. The van der Waals surface area contributed by atoms with Crippen LogP contribution in [0.2, 0.25) is 0 Å². The summed E-state index contributed by atoms with van der Waals surface area (Å²) in [5.41, 5.74) is 8.32. The molecule has 1 aliphatic heterocycles. The number of carbonyl (C=O) groups excluding carboxylic acids is 1. The first kappa shape index (κ1) is 13.0. The number of aromatic amines is 1. The van der Waals surface area contributed by atoms with Gasteiger partial charge in [-0.3, -0.25) is 14.8 Å². The Labute approximate surface area is 107 Å². The van der Waals surface area contributed by atoms with Crippen LogP contribution in [-0.2, 0) is 4.79 Å². The molecule has 0 bridgehead atoms. The maximum absolute atomic E-state index is 11.8. The van der Waals surface area contributed by atoms with Gasteiger partial charge in [-0.25, -0.2) is 0 Å². The first-order valence-corrected chi connectivity index (χ1v) is 6.37. The molecule has 100 valence electrons. The number of hydrogen-bond acceptors (Lipinski definition) is 4. The van der Waals surface area contributed by atoms with Gasteiger partial charge in [0.05, 0.1) is 5.69 Å². The number of rotatable bonds is 3. The summed E-state index contributed by atoms with van der Waals surface area (Å²) in [6.45, 7) is 7.43. The summed E-state index contributed by atoms with van der Waals surface area (Å²) in [6, 6.07) is -0.372. The van der Waals surface area contributed by atoms with E-state index in [2.05, 4.69) is 20.4 Å². The second kappa shape index (κ2) is 5.49. The van der Waals surface area contributed by atoms with Crippen molar-refractivity contribution in [3.63, 3.8) is 0 Å². The van der Waals surface area contributed by atoms with E-state index in [9.17, 15) is 4.79 Å². The Morgan fingerprint density at radius 1 is 1.39 bits per heavy atom. The molecule has 1 atom stereocenters. The van der Waals surface area contributed by atoms with Crippen molar-refractivity contribution in [3.05, 3.63) is 17.0 Å². The third kappa shape index (κ3) is 2.54. The van der Waals surface area contributed by atoms with E-state index in [1.807, 2.05) is 13.8 Å². The molecule has 1 fully saturated rings. The lowest BCUT2D eigenvalue weighted by Gasteiger charge is -2.28. The van der Waals surface area contributed by atoms with Crippen molar-refractivity contribution < 1.29 is 4.79 Å². The number of aryl methyl sites for hydroxylation is 2. The molecule has 0 saturated carbocycles. The predicted octanol–water partition coefficient (Wildman–Crippen LogP) is -0.152. The first-order valence-electron chi connectivity index (χ1n) is 6.37. The van der Waals surface area contributed by atoms with Gasteiger partial charge < -0.3 is 11.1 Å². The summed E-state index contributed by atoms with van der Waals surface area (Å²) < 4.78 is 0. The summed E-state index contributed by atoms with van der Waals surface area (Å²) >= 11 is 0. The van der Waals surface area contributed by atoms with Crippen molar-refractivity contribution in [1.82, 2.24) is 20.4 Å². The van der Waals surface area contributed by atoms with Crippen LogP contribution in [-0.4, -0.2) is 47.2 Å². The molecule has 0 spiro atoms. The Morgan fingerprint density at radius 2 is 2.17 bits per heavy atom. The lowest BCUT2D eigenvalue weighted by Crippen LogP contribution is -2.40.